The van der Waals surface area contributed by atoms with E-state index in [1.54, 1.807) is 0 Å². The van der Waals surface area contributed by atoms with Gasteiger partial charge in [0.15, 0.2) is 0 Å². The van der Waals surface area contributed by atoms with Gasteiger partial charge >= 0.3 is 0 Å². The average molecular weight is 400 g/mol. The molecule has 29 heavy (non-hydrogen) atoms. The first-order valence-electron chi connectivity index (χ1n) is 11.1. The molecular weight excluding hydrogens is 362 g/mol. The van der Waals surface area contributed by atoms with Crippen LogP contribution in [0.2, 0.25) is 0 Å². The third-order valence-corrected chi connectivity index (χ3v) is 6.44. The second kappa shape index (κ2) is 9.29. The minimum Gasteiger partial charge on any atom is -0.341 e. The van der Waals surface area contributed by atoms with Crippen LogP contribution in [-0.4, -0.2) is 71.8 Å². The fourth-order valence-corrected chi connectivity index (χ4v) is 4.51. The number of amides is 2. The SMILES string of the molecule is CC(C(=O)N1CCC(Cc2ccccc2)CC1)N1CCN(C(=O)C(C)(C)C)CC1. The van der Waals surface area contributed by atoms with Gasteiger partial charge in [-0.1, -0.05) is 51.1 Å². The highest BCUT2D eigenvalue weighted by Crippen LogP contribution is 2.23. The molecule has 2 heterocycles. The van der Waals surface area contributed by atoms with Gasteiger partial charge in [-0.25, -0.2) is 0 Å². The summed E-state index contributed by atoms with van der Waals surface area (Å²) in [6.45, 7) is 12.6. The lowest BCUT2D eigenvalue weighted by Gasteiger charge is -2.41. The number of piperidine rings is 1. The molecule has 2 aliphatic heterocycles. The summed E-state index contributed by atoms with van der Waals surface area (Å²) in [6.07, 6.45) is 3.28. The standard InChI is InChI=1S/C24H37N3O2/c1-19(25-14-16-27(17-15-25)23(29)24(2,3)4)22(28)26-12-10-21(11-13-26)18-20-8-6-5-7-9-20/h5-9,19,21H,10-18H2,1-4H3. The van der Waals surface area contributed by atoms with E-state index in [1.807, 2.05) is 32.6 Å². The quantitative estimate of drug-likeness (QED) is 0.782. The summed E-state index contributed by atoms with van der Waals surface area (Å²) in [5.41, 5.74) is 1.06. The van der Waals surface area contributed by atoms with E-state index in [4.69, 9.17) is 0 Å². The van der Waals surface area contributed by atoms with E-state index in [-0.39, 0.29) is 23.3 Å². The van der Waals surface area contributed by atoms with Crippen LogP contribution in [0, 0.1) is 11.3 Å². The van der Waals surface area contributed by atoms with Crippen LogP contribution in [0.1, 0.15) is 46.1 Å². The van der Waals surface area contributed by atoms with Gasteiger partial charge in [-0.05, 0) is 37.7 Å². The Bertz CT molecular complexity index is 682. The number of hydrogen-bond acceptors (Lipinski definition) is 3. The first kappa shape index (κ1) is 21.8. The largest absolute Gasteiger partial charge is 0.341 e. The van der Waals surface area contributed by atoms with E-state index in [1.165, 1.54) is 5.56 Å². The molecule has 1 aromatic rings. The molecule has 0 spiro atoms. The lowest BCUT2D eigenvalue weighted by Crippen LogP contribution is -2.57. The monoisotopic (exact) mass is 399 g/mol. The molecule has 2 aliphatic rings. The van der Waals surface area contributed by atoms with Crippen molar-refractivity contribution in [2.45, 2.75) is 53.0 Å². The minimum atomic E-state index is -0.340. The van der Waals surface area contributed by atoms with Crippen molar-refractivity contribution >= 4 is 11.8 Å². The molecule has 0 radical (unpaired) electrons. The number of likely N-dealkylation sites (tertiary alicyclic amines) is 1. The Balaban J connectivity index is 1.45. The topological polar surface area (TPSA) is 43.9 Å². The molecule has 5 nitrogen and oxygen atoms in total. The normalized spacial score (nSPS) is 20.6. The van der Waals surface area contributed by atoms with E-state index in [0.29, 0.717) is 19.0 Å². The van der Waals surface area contributed by atoms with Crippen molar-refractivity contribution in [3.8, 4) is 0 Å². The van der Waals surface area contributed by atoms with Crippen LogP contribution in [0.4, 0.5) is 0 Å². The van der Waals surface area contributed by atoms with Gasteiger partial charge in [-0.3, -0.25) is 14.5 Å². The van der Waals surface area contributed by atoms with E-state index < -0.39 is 0 Å². The summed E-state index contributed by atoms with van der Waals surface area (Å²) in [4.78, 5) is 31.8. The van der Waals surface area contributed by atoms with Gasteiger partial charge in [0.05, 0.1) is 6.04 Å². The summed E-state index contributed by atoms with van der Waals surface area (Å²) in [7, 11) is 0. The molecule has 0 saturated carbocycles. The molecule has 160 valence electrons. The molecule has 1 atom stereocenters. The fourth-order valence-electron chi connectivity index (χ4n) is 4.51. The molecule has 1 unspecified atom stereocenters. The zero-order valence-corrected chi connectivity index (χ0v) is 18.6. The minimum absolute atomic E-state index is 0.104. The van der Waals surface area contributed by atoms with Gasteiger partial charge in [0, 0.05) is 44.7 Å². The number of rotatable bonds is 4. The first-order chi connectivity index (χ1) is 13.8. The Morgan fingerprint density at radius 3 is 2.07 bits per heavy atom. The maximum absolute atomic E-state index is 13.0. The number of benzene rings is 1. The Morgan fingerprint density at radius 1 is 0.931 bits per heavy atom. The maximum Gasteiger partial charge on any atom is 0.239 e. The van der Waals surface area contributed by atoms with Gasteiger partial charge < -0.3 is 9.80 Å². The van der Waals surface area contributed by atoms with Gasteiger partial charge in [-0.15, -0.1) is 0 Å². The van der Waals surface area contributed by atoms with E-state index in [0.717, 1.165) is 45.4 Å². The average Bonchev–Trinajstić information content (AvgIpc) is 2.73. The molecule has 0 aromatic heterocycles. The van der Waals surface area contributed by atoms with Gasteiger partial charge in [0.1, 0.15) is 0 Å². The first-order valence-corrected chi connectivity index (χ1v) is 11.1. The van der Waals surface area contributed by atoms with Gasteiger partial charge in [-0.2, -0.15) is 0 Å². The van der Waals surface area contributed by atoms with Crippen LogP contribution in [0.3, 0.4) is 0 Å². The van der Waals surface area contributed by atoms with E-state index in [9.17, 15) is 9.59 Å². The van der Waals surface area contributed by atoms with Crippen molar-refractivity contribution in [1.29, 1.82) is 0 Å². The Labute approximate surface area is 176 Å². The van der Waals surface area contributed by atoms with Gasteiger partial charge in [0.25, 0.3) is 0 Å². The highest BCUT2D eigenvalue weighted by molar-refractivity contribution is 5.82. The molecule has 0 bridgehead atoms. The highest BCUT2D eigenvalue weighted by atomic mass is 16.2. The van der Waals surface area contributed by atoms with Gasteiger partial charge in [0.2, 0.25) is 11.8 Å². The third-order valence-electron chi connectivity index (χ3n) is 6.44. The van der Waals surface area contributed by atoms with E-state index >= 15 is 0 Å². The van der Waals surface area contributed by atoms with Crippen LogP contribution in [0.15, 0.2) is 30.3 Å². The summed E-state index contributed by atoms with van der Waals surface area (Å²) in [6, 6.07) is 10.6. The Hall–Kier alpha value is -1.88. The van der Waals surface area contributed by atoms with Crippen molar-refractivity contribution < 1.29 is 9.59 Å². The number of hydrogen-bond donors (Lipinski definition) is 0. The number of nitrogens with zero attached hydrogens (tertiary/aromatic N) is 3. The smallest absolute Gasteiger partial charge is 0.239 e. The Morgan fingerprint density at radius 2 is 1.52 bits per heavy atom. The van der Waals surface area contributed by atoms with Crippen molar-refractivity contribution in [3.05, 3.63) is 35.9 Å². The Kier molecular flexibility index (Phi) is 6.99. The van der Waals surface area contributed by atoms with Crippen LogP contribution >= 0.6 is 0 Å². The lowest BCUT2D eigenvalue weighted by molar-refractivity contribution is -0.143. The van der Waals surface area contributed by atoms with Crippen LogP contribution in [0.25, 0.3) is 0 Å². The predicted molar refractivity (Wildman–Crippen MR) is 117 cm³/mol. The molecule has 1 aromatic carbocycles. The van der Waals surface area contributed by atoms with E-state index in [2.05, 4.69) is 40.1 Å². The zero-order valence-electron chi connectivity index (χ0n) is 18.6. The highest BCUT2D eigenvalue weighted by Gasteiger charge is 2.34. The third kappa shape index (κ3) is 5.59. The summed E-state index contributed by atoms with van der Waals surface area (Å²) < 4.78 is 0. The molecule has 2 fully saturated rings. The zero-order chi connectivity index (χ0) is 21.0. The summed E-state index contributed by atoms with van der Waals surface area (Å²) >= 11 is 0. The number of carbonyl (C=O) groups is 2. The molecule has 0 aliphatic carbocycles. The predicted octanol–water partition coefficient (Wildman–Crippen LogP) is 3.05. The molecule has 3 rings (SSSR count). The molecule has 0 N–H and O–H groups in total. The summed E-state index contributed by atoms with van der Waals surface area (Å²) in [5, 5.41) is 0. The second-order valence-corrected chi connectivity index (χ2v) is 9.71. The van der Waals surface area contributed by atoms with Crippen molar-refractivity contribution in [2.75, 3.05) is 39.3 Å². The lowest BCUT2D eigenvalue weighted by atomic mass is 9.90. The maximum atomic E-state index is 13.0. The van der Waals surface area contributed by atoms with Crippen molar-refractivity contribution in [1.82, 2.24) is 14.7 Å². The molecule has 5 heteroatoms. The molecular formula is C24H37N3O2. The molecule has 2 amide bonds. The van der Waals surface area contributed by atoms with Crippen LogP contribution in [0.5, 0.6) is 0 Å². The van der Waals surface area contributed by atoms with Crippen molar-refractivity contribution in [3.63, 3.8) is 0 Å². The number of carbonyl (C=O) groups excluding carboxylic acids is 2. The second-order valence-electron chi connectivity index (χ2n) is 9.71. The number of piperazine rings is 1. The molecule has 2 saturated heterocycles. The fraction of sp³-hybridized carbons (Fsp3) is 0.667. The summed E-state index contributed by atoms with van der Waals surface area (Å²) in [5.74, 6) is 1.12. The van der Waals surface area contributed by atoms with Crippen molar-refractivity contribution in [2.24, 2.45) is 11.3 Å². The van der Waals surface area contributed by atoms with Crippen LogP contribution < -0.4 is 0 Å². The van der Waals surface area contributed by atoms with Crippen LogP contribution in [-0.2, 0) is 16.0 Å².